The van der Waals surface area contributed by atoms with Crippen molar-refractivity contribution in [3.63, 3.8) is 0 Å². The van der Waals surface area contributed by atoms with Gasteiger partial charge >= 0.3 is 0 Å². The van der Waals surface area contributed by atoms with E-state index in [1.54, 1.807) is 0 Å². The summed E-state index contributed by atoms with van der Waals surface area (Å²) < 4.78 is 0. The number of aryl methyl sites for hydroxylation is 2. The number of nitrogens with zero attached hydrogens (tertiary/aromatic N) is 2. The molecule has 1 aromatic rings. The van der Waals surface area contributed by atoms with Gasteiger partial charge in [0, 0.05) is 11.3 Å². The largest absolute Gasteiger partial charge is 0.238 e. The molecule has 0 aromatic carbocycles. The van der Waals surface area contributed by atoms with Crippen LogP contribution in [0, 0.1) is 20.8 Å². The van der Waals surface area contributed by atoms with Crippen LogP contribution in [-0.2, 0) is 0 Å². The molecule has 1 aromatic heterocycles. The van der Waals surface area contributed by atoms with Crippen molar-refractivity contribution in [3.05, 3.63) is 22.2 Å². The predicted molar refractivity (Wildman–Crippen MR) is 52.6 cm³/mol. The van der Waals surface area contributed by atoms with Gasteiger partial charge in [-0.25, -0.2) is 9.97 Å². The summed E-state index contributed by atoms with van der Waals surface area (Å²) in [5, 5.41) is 0.560. The topological polar surface area (TPSA) is 25.8 Å². The van der Waals surface area contributed by atoms with Crippen molar-refractivity contribution in [1.82, 2.24) is 9.97 Å². The first-order valence-electron chi connectivity index (χ1n) is 4.08. The maximum absolute atomic E-state index is 5.77. The van der Waals surface area contributed by atoms with E-state index >= 15 is 0 Å². The van der Waals surface area contributed by atoms with Crippen LogP contribution in [0.5, 0.6) is 0 Å². The summed E-state index contributed by atoms with van der Waals surface area (Å²) in [6, 6.07) is 0. The highest BCUT2D eigenvalue weighted by molar-refractivity contribution is 6.30. The molecule has 0 bridgehead atoms. The zero-order valence-corrected chi connectivity index (χ0v) is 9.03. The Balaban J connectivity index is 0.000000561. The Morgan fingerprint density at radius 2 is 1.50 bits per heavy atom. The lowest BCUT2D eigenvalue weighted by Crippen LogP contribution is -1.94. The summed E-state index contributed by atoms with van der Waals surface area (Å²) in [6.07, 6.45) is 0. The molecule has 0 radical (unpaired) electrons. The molecule has 0 aliphatic rings. The molecule has 0 atom stereocenters. The van der Waals surface area contributed by atoms with Crippen LogP contribution in [0.25, 0.3) is 0 Å². The first-order valence-corrected chi connectivity index (χ1v) is 4.46. The number of hydrogen-bond acceptors (Lipinski definition) is 2. The molecule has 12 heavy (non-hydrogen) atoms. The molecule has 0 unspecified atom stereocenters. The number of halogens is 1. The maximum Gasteiger partial charge on any atom is 0.135 e. The summed E-state index contributed by atoms with van der Waals surface area (Å²) in [4.78, 5) is 8.13. The van der Waals surface area contributed by atoms with E-state index in [4.69, 9.17) is 11.6 Å². The molecule has 0 saturated heterocycles. The highest BCUT2D eigenvalue weighted by atomic mass is 35.5. The van der Waals surface area contributed by atoms with Gasteiger partial charge in [0.1, 0.15) is 11.0 Å². The van der Waals surface area contributed by atoms with Gasteiger partial charge in [-0.15, -0.1) is 0 Å². The molecule has 0 aliphatic carbocycles. The van der Waals surface area contributed by atoms with Crippen LogP contribution in [0.1, 0.15) is 30.9 Å². The molecule has 0 fully saturated rings. The fourth-order valence-corrected chi connectivity index (χ4v) is 0.986. The fraction of sp³-hybridized carbons (Fsp3) is 0.556. The Labute approximate surface area is 79.0 Å². The van der Waals surface area contributed by atoms with Gasteiger partial charge in [0.05, 0.1) is 0 Å². The normalized spacial score (nSPS) is 8.83. The number of rotatable bonds is 0. The molecule has 0 amide bonds. The minimum absolute atomic E-state index is 0.560. The second-order valence-corrected chi connectivity index (χ2v) is 2.63. The summed E-state index contributed by atoms with van der Waals surface area (Å²) in [7, 11) is 0. The molecule has 0 spiro atoms. The number of aromatic nitrogens is 2. The Hall–Kier alpha value is -0.630. The van der Waals surface area contributed by atoms with E-state index in [0.29, 0.717) is 5.15 Å². The lowest BCUT2D eigenvalue weighted by molar-refractivity contribution is 0.986. The van der Waals surface area contributed by atoms with E-state index in [-0.39, 0.29) is 0 Å². The van der Waals surface area contributed by atoms with E-state index in [9.17, 15) is 0 Å². The molecule has 1 rings (SSSR count). The molecule has 68 valence electrons. The Bertz CT molecular complexity index is 236. The molecule has 0 aliphatic heterocycles. The third kappa shape index (κ3) is 2.78. The van der Waals surface area contributed by atoms with Crippen molar-refractivity contribution in [2.24, 2.45) is 0 Å². The Morgan fingerprint density at radius 1 is 1.00 bits per heavy atom. The minimum atomic E-state index is 0.560. The van der Waals surface area contributed by atoms with Gasteiger partial charge in [-0.1, -0.05) is 25.4 Å². The van der Waals surface area contributed by atoms with Crippen molar-refractivity contribution < 1.29 is 0 Å². The second-order valence-electron chi connectivity index (χ2n) is 2.27. The maximum atomic E-state index is 5.77. The van der Waals surface area contributed by atoms with Crippen LogP contribution in [-0.4, -0.2) is 9.97 Å². The van der Waals surface area contributed by atoms with Gasteiger partial charge in [0.2, 0.25) is 0 Å². The average molecular weight is 187 g/mol. The third-order valence-electron chi connectivity index (χ3n) is 1.44. The van der Waals surface area contributed by atoms with Crippen LogP contribution in [0.4, 0.5) is 0 Å². The lowest BCUT2D eigenvalue weighted by atomic mass is 10.3. The van der Waals surface area contributed by atoms with E-state index in [1.807, 2.05) is 34.6 Å². The average Bonchev–Trinajstić information content (AvgIpc) is 2.04. The zero-order valence-electron chi connectivity index (χ0n) is 8.27. The predicted octanol–water partition coefficient (Wildman–Crippen LogP) is 3.08. The van der Waals surface area contributed by atoms with Gasteiger partial charge in [-0.2, -0.15) is 0 Å². The summed E-state index contributed by atoms with van der Waals surface area (Å²) in [5.74, 6) is 0.730. The Kier molecular flexibility index (Phi) is 4.83. The van der Waals surface area contributed by atoms with Crippen molar-refractivity contribution in [3.8, 4) is 0 Å². The molecule has 2 nitrogen and oxygen atoms in total. The van der Waals surface area contributed by atoms with Gasteiger partial charge in [-0.05, 0) is 20.8 Å². The van der Waals surface area contributed by atoms with Gasteiger partial charge in [0.25, 0.3) is 0 Å². The van der Waals surface area contributed by atoms with E-state index in [2.05, 4.69) is 9.97 Å². The molecule has 0 N–H and O–H groups in total. The van der Waals surface area contributed by atoms with Crippen molar-refractivity contribution in [2.75, 3.05) is 0 Å². The smallest absolute Gasteiger partial charge is 0.135 e. The van der Waals surface area contributed by atoms with Crippen molar-refractivity contribution >= 4 is 11.6 Å². The standard InChI is InChI=1S/C7H9ClN2.C2H6/c1-4-5(2)9-6(3)10-7(4)8;1-2/h1-3H3;1-2H3. The van der Waals surface area contributed by atoms with Crippen LogP contribution < -0.4 is 0 Å². The van der Waals surface area contributed by atoms with E-state index in [1.165, 1.54) is 0 Å². The molecular formula is C9H15ClN2. The van der Waals surface area contributed by atoms with Crippen molar-refractivity contribution in [2.45, 2.75) is 34.6 Å². The van der Waals surface area contributed by atoms with Gasteiger partial charge in [-0.3, -0.25) is 0 Å². The molecule has 3 heteroatoms. The quantitative estimate of drug-likeness (QED) is 0.582. The second kappa shape index (κ2) is 5.09. The first kappa shape index (κ1) is 11.4. The van der Waals surface area contributed by atoms with Crippen LogP contribution in [0.3, 0.4) is 0 Å². The van der Waals surface area contributed by atoms with Crippen LogP contribution in [0.15, 0.2) is 0 Å². The Morgan fingerprint density at radius 3 is 1.92 bits per heavy atom. The minimum Gasteiger partial charge on any atom is -0.238 e. The summed E-state index contributed by atoms with van der Waals surface area (Å²) in [6.45, 7) is 9.67. The highest BCUT2D eigenvalue weighted by Crippen LogP contribution is 2.13. The lowest BCUT2D eigenvalue weighted by Gasteiger charge is -2.00. The van der Waals surface area contributed by atoms with Crippen LogP contribution in [0.2, 0.25) is 5.15 Å². The monoisotopic (exact) mass is 186 g/mol. The van der Waals surface area contributed by atoms with Crippen LogP contribution >= 0.6 is 11.6 Å². The van der Waals surface area contributed by atoms with Gasteiger partial charge < -0.3 is 0 Å². The summed E-state index contributed by atoms with van der Waals surface area (Å²) in [5.41, 5.74) is 1.92. The van der Waals surface area contributed by atoms with E-state index < -0.39 is 0 Å². The van der Waals surface area contributed by atoms with Crippen molar-refractivity contribution in [1.29, 1.82) is 0 Å². The number of hydrogen-bond donors (Lipinski definition) is 0. The fourth-order valence-electron chi connectivity index (χ4n) is 0.727. The van der Waals surface area contributed by atoms with Gasteiger partial charge in [0.15, 0.2) is 0 Å². The SMILES string of the molecule is CC.Cc1nc(C)c(C)c(Cl)n1. The highest BCUT2D eigenvalue weighted by Gasteiger charge is 2.01. The summed E-state index contributed by atoms with van der Waals surface area (Å²) >= 11 is 5.77. The first-order chi connectivity index (χ1) is 5.61. The molecule has 0 saturated carbocycles. The zero-order chi connectivity index (χ0) is 9.72. The third-order valence-corrected chi connectivity index (χ3v) is 1.81. The van der Waals surface area contributed by atoms with E-state index in [0.717, 1.165) is 17.1 Å². The molecular weight excluding hydrogens is 172 g/mol. The molecule has 1 heterocycles.